The highest BCUT2D eigenvalue weighted by molar-refractivity contribution is 5.86. The Labute approximate surface area is 174 Å². The molecule has 30 heavy (non-hydrogen) atoms. The first kappa shape index (κ1) is 20.3. The molecule has 1 fully saturated rings. The molecule has 2 aliphatic heterocycles. The standard InChI is InChI=1S/C23H24FN3O3/c1-14-8-20-19-3-2-17(24)9-16(19)13-30-21(20)11-15(14)10-18(12-25)27-22(28)23(26)4-6-29-7-5-23/h2-3,8-9,11,18H,4-7,10,13,26H2,1H3,(H,27,28). The van der Waals surface area contributed by atoms with Crippen molar-refractivity contribution in [3.05, 3.63) is 52.8 Å². The maximum atomic E-state index is 13.5. The summed E-state index contributed by atoms with van der Waals surface area (Å²) in [7, 11) is 0. The van der Waals surface area contributed by atoms with Crippen molar-refractivity contribution in [1.82, 2.24) is 5.32 Å². The second kappa shape index (κ2) is 8.05. The van der Waals surface area contributed by atoms with Crippen molar-refractivity contribution in [3.8, 4) is 22.9 Å². The molecule has 0 radical (unpaired) electrons. The Morgan fingerprint density at radius 2 is 2.07 bits per heavy atom. The molecule has 2 aliphatic rings. The van der Waals surface area contributed by atoms with Crippen LogP contribution in [0.4, 0.5) is 4.39 Å². The molecule has 1 unspecified atom stereocenters. The number of rotatable bonds is 4. The van der Waals surface area contributed by atoms with Crippen molar-refractivity contribution in [2.75, 3.05) is 13.2 Å². The van der Waals surface area contributed by atoms with E-state index >= 15 is 0 Å². The summed E-state index contributed by atoms with van der Waals surface area (Å²) in [6, 6.07) is 10.0. The molecule has 7 heteroatoms. The predicted octanol–water partition coefficient (Wildman–Crippen LogP) is 2.75. The lowest BCUT2D eigenvalue weighted by Gasteiger charge is -2.32. The third-order valence-corrected chi connectivity index (χ3v) is 5.90. The number of nitrogens with one attached hydrogen (secondary N) is 1. The number of carbonyl (C=O) groups is 1. The van der Waals surface area contributed by atoms with Crippen LogP contribution in [0.1, 0.15) is 29.5 Å². The van der Waals surface area contributed by atoms with Crippen LogP contribution in [-0.2, 0) is 22.6 Å². The molecule has 1 atom stereocenters. The van der Waals surface area contributed by atoms with E-state index in [9.17, 15) is 14.4 Å². The zero-order valence-electron chi connectivity index (χ0n) is 16.8. The molecule has 1 amide bonds. The number of halogens is 1. The number of hydrogen-bond donors (Lipinski definition) is 2. The van der Waals surface area contributed by atoms with Gasteiger partial charge in [-0.25, -0.2) is 4.39 Å². The molecule has 0 spiro atoms. The Morgan fingerprint density at radius 3 is 2.80 bits per heavy atom. The highest BCUT2D eigenvalue weighted by atomic mass is 19.1. The molecule has 4 rings (SSSR count). The second-order valence-corrected chi connectivity index (χ2v) is 7.99. The van der Waals surface area contributed by atoms with Gasteiger partial charge in [0.2, 0.25) is 5.91 Å². The summed E-state index contributed by atoms with van der Waals surface area (Å²) in [5, 5.41) is 12.4. The summed E-state index contributed by atoms with van der Waals surface area (Å²) >= 11 is 0. The van der Waals surface area contributed by atoms with Gasteiger partial charge in [0.1, 0.15) is 24.2 Å². The van der Waals surface area contributed by atoms with Crippen LogP contribution in [0.25, 0.3) is 11.1 Å². The van der Waals surface area contributed by atoms with Gasteiger partial charge in [-0.05, 0) is 60.7 Å². The van der Waals surface area contributed by atoms with Crippen LogP contribution in [0.3, 0.4) is 0 Å². The summed E-state index contributed by atoms with van der Waals surface area (Å²) in [6.07, 6.45) is 1.21. The van der Waals surface area contributed by atoms with Crippen molar-refractivity contribution in [1.29, 1.82) is 5.26 Å². The van der Waals surface area contributed by atoms with E-state index in [0.717, 1.165) is 27.8 Å². The van der Waals surface area contributed by atoms with E-state index in [4.69, 9.17) is 15.2 Å². The van der Waals surface area contributed by atoms with Crippen molar-refractivity contribution >= 4 is 5.91 Å². The van der Waals surface area contributed by atoms with Crippen molar-refractivity contribution in [2.24, 2.45) is 5.73 Å². The summed E-state index contributed by atoms with van der Waals surface area (Å²) in [5.41, 5.74) is 9.76. The maximum absolute atomic E-state index is 13.5. The Hall–Kier alpha value is -2.95. The van der Waals surface area contributed by atoms with E-state index in [1.807, 2.05) is 19.1 Å². The zero-order chi connectivity index (χ0) is 21.3. The van der Waals surface area contributed by atoms with Crippen LogP contribution < -0.4 is 15.8 Å². The maximum Gasteiger partial charge on any atom is 0.241 e. The average molecular weight is 409 g/mol. The van der Waals surface area contributed by atoms with Crippen molar-refractivity contribution in [3.63, 3.8) is 0 Å². The fourth-order valence-electron chi connectivity index (χ4n) is 3.99. The largest absolute Gasteiger partial charge is 0.488 e. The van der Waals surface area contributed by atoms with Gasteiger partial charge in [0.25, 0.3) is 0 Å². The van der Waals surface area contributed by atoms with Gasteiger partial charge in [-0.3, -0.25) is 4.79 Å². The molecule has 2 aromatic carbocycles. The van der Waals surface area contributed by atoms with Crippen LogP contribution in [0.5, 0.6) is 5.75 Å². The zero-order valence-corrected chi connectivity index (χ0v) is 16.8. The fourth-order valence-corrected chi connectivity index (χ4v) is 3.99. The number of amides is 1. The van der Waals surface area contributed by atoms with Crippen molar-refractivity contribution in [2.45, 2.75) is 44.4 Å². The van der Waals surface area contributed by atoms with E-state index in [1.54, 1.807) is 6.07 Å². The van der Waals surface area contributed by atoms with Gasteiger partial charge in [0.15, 0.2) is 0 Å². The van der Waals surface area contributed by atoms with Crippen LogP contribution in [-0.4, -0.2) is 30.7 Å². The van der Waals surface area contributed by atoms with Gasteiger partial charge in [-0.15, -0.1) is 0 Å². The quantitative estimate of drug-likeness (QED) is 0.809. The van der Waals surface area contributed by atoms with Gasteiger partial charge < -0.3 is 20.5 Å². The molecule has 2 aromatic rings. The Morgan fingerprint density at radius 1 is 1.30 bits per heavy atom. The lowest BCUT2D eigenvalue weighted by molar-refractivity contribution is -0.130. The summed E-state index contributed by atoms with van der Waals surface area (Å²) in [6.45, 7) is 3.12. The first-order valence-electron chi connectivity index (χ1n) is 10.0. The molecule has 6 nitrogen and oxygen atoms in total. The number of nitriles is 1. The molecule has 3 N–H and O–H groups in total. The van der Waals surface area contributed by atoms with E-state index in [-0.39, 0.29) is 11.7 Å². The van der Waals surface area contributed by atoms with Gasteiger partial charge in [0.05, 0.1) is 11.6 Å². The Balaban J connectivity index is 1.54. The molecular formula is C23H24FN3O3. The molecule has 0 aromatic heterocycles. The number of nitrogens with two attached hydrogens (primary N) is 1. The van der Waals surface area contributed by atoms with Crippen LogP contribution in [0, 0.1) is 24.1 Å². The number of ether oxygens (including phenoxy) is 2. The minimum absolute atomic E-state index is 0.288. The first-order valence-corrected chi connectivity index (χ1v) is 10.0. The smallest absolute Gasteiger partial charge is 0.241 e. The molecule has 2 heterocycles. The van der Waals surface area contributed by atoms with E-state index in [2.05, 4.69) is 11.4 Å². The number of benzene rings is 2. The van der Waals surface area contributed by atoms with Gasteiger partial charge in [0, 0.05) is 30.8 Å². The van der Waals surface area contributed by atoms with Gasteiger partial charge in [-0.2, -0.15) is 5.26 Å². The molecule has 0 bridgehead atoms. The summed E-state index contributed by atoms with van der Waals surface area (Å²) in [5.74, 6) is 0.0848. The Kier molecular flexibility index (Phi) is 5.46. The minimum atomic E-state index is -1.000. The van der Waals surface area contributed by atoms with E-state index in [1.165, 1.54) is 12.1 Å². The van der Waals surface area contributed by atoms with Crippen LogP contribution >= 0.6 is 0 Å². The SMILES string of the molecule is Cc1cc2c(cc1CC(C#N)NC(=O)C1(N)CCOCC1)OCc1cc(F)ccc1-2. The van der Waals surface area contributed by atoms with E-state index < -0.39 is 11.6 Å². The monoisotopic (exact) mass is 409 g/mol. The lowest BCUT2D eigenvalue weighted by Crippen LogP contribution is -2.58. The number of hydrogen-bond acceptors (Lipinski definition) is 5. The molecule has 1 saturated heterocycles. The van der Waals surface area contributed by atoms with E-state index in [0.29, 0.717) is 44.8 Å². The normalized spacial score (nSPS) is 17.7. The fraction of sp³-hybridized carbons (Fsp3) is 0.391. The first-order chi connectivity index (χ1) is 14.4. The average Bonchev–Trinajstić information content (AvgIpc) is 2.74. The topological polar surface area (TPSA) is 97.4 Å². The van der Waals surface area contributed by atoms with Crippen LogP contribution in [0.15, 0.2) is 30.3 Å². The molecule has 0 saturated carbocycles. The summed E-state index contributed by atoms with van der Waals surface area (Å²) in [4.78, 5) is 12.7. The predicted molar refractivity (Wildman–Crippen MR) is 109 cm³/mol. The third-order valence-electron chi connectivity index (χ3n) is 5.90. The number of nitrogens with zero attached hydrogens (tertiary/aromatic N) is 1. The second-order valence-electron chi connectivity index (χ2n) is 7.99. The summed E-state index contributed by atoms with van der Waals surface area (Å²) < 4.78 is 24.6. The van der Waals surface area contributed by atoms with Crippen molar-refractivity contribution < 1.29 is 18.7 Å². The number of fused-ring (bicyclic) bond motifs is 3. The lowest BCUT2D eigenvalue weighted by atomic mass is 9.89. The number of carbonyl (C=O) groups excluding carboxylic acids is 1. The van der Waals surface area contributed by atoms with Gasteiger partial charge in [-0.1, -0.05) is 6.07 Å². The third kappa shape index (κ3) is 3.89. The Bertz CT molecular complexity index is 1030. The number of aryl methyl sites for hydroxylation is 1. The van der Waals surface area contributed by atoms with Crippen LogP contribution in [0.2, 0.25) is 0 Å². The highest BCUT2D eigenvalue weighted by Crippen LogP contribution is 2.39. The highest BCUT2D eigenvalue weighted by Gasteiger charge is 2.37. The molecule has 0 aliphatic carbocycles. The molecule has 156 valence electrons. The molecular weight excluding hydrogens is 385 g/mol. The minimum Gasteiger partial charge on any atom is -0.488 e. The van der Waals surface area contributed by atoms with Gasteiger partial charge >= 0.3 is 0 Å².